The first-order chi connectivity index (χ1) is 15.0. The Balaban J connectivity index is 1.56. The van der Waals surface area contributed by atoms with Crippen molar-refractivity contribution in [3.8, 4) is 0 Å². The number of nitrogens with one attached hydrogen (secondary N) is 2. The largest absolute Gasteiger partial charge is 0.343 e. The van der Waals surface area contributed by atoms with Gasteiger partial charge in [-0.05, 0) is 54.8 Å². The Morgan fingerprint density at radius 1 is 1.13 bits per heavy atom. The predicted octanol–water partition coefficient (Wildman–Crippen LogP) is 4.95. The summed E-state index contributed by atoms with van der Waals surface area (Å²) in [5.74, 6) is -0.142. The average Bonchev–Trinajstić information content (AvgIpc) is 3.18. The van der Waals surface area contributed by atoms with Crippen molar-refractivity contribution in [3.05, 3.63) is 88.0 Å². The van der Waals surface area contributed by atoms with Gasteiger partial charge in [-0.25, -0.2) is 9.07 Å². The van der Waals surface area contributed by atoms with E-state index in [2.05, 4.69) is 15.7 Å². The molecule has 2 heterocycles. The molecule has 5 rings (SSSR count). The third-order valence-corrected chi connectivity index (χ3v) is 5.82. The van der Waals surface area contributed by atoms with Gasteiger partial charge in [-0.1, -0.05) is 23.7 Å². The van der Waals surface area contributed by atoms with Crippen LogP contribution in [-0.4, -0.2) is 21.5 Å². The summed E-state index contributed by atoms with van der Waals surface area (Å²) in [5.41, 5.74) is 3.11. The number of hydrogen-bond acceptors (Lipinski definition) is 4. The molecule has 0 spiro atoms. The van der Waals surface area contributed by atoms with Crippen LogP contribution in [-0.2, 0) is 4.79 Å². The predicted molar refractivity (Wildman–Crippen MR) is 116 cm³/mol. The Kier molecular flexibility index (Phi) is 4.82. The zero-order chi connectivity index (χ0) is 21.5. The summed E-state index contributed by atoms with van der Waals surface area (Å²) in [6.07, 6.45) is 3.37. The van der Waals surface area contributed by atoms with Crippen LogP contribution in [0.4, 0.5) is 15.9 Å². The number of amides is 1. The van der Waals surface area contributed by atoms with Gasteiger partial charge in [0.15, 0.2) is 5.78 Å². The Bertz CT molecular complexity index is 1220. The molecule has 1 unspecified atom stereocenters. The molecule has 156 valence electrons. The summed E-state index contributed by atoms with van der Waals surface area (Å²) in [6.45, 7) is 0. The molecule has 1 atom stereocenters. The van der Waals surface area contributed by atoms with Crippen LogP contribution in [0.25, 0.3) is 0 Å². The van der Waals surface area contributed by atoms with E-state index in [1.54, 1.807) is 41.1 Å². The lowest BCUT2D eigenvalue weighted by Gasteiger charge is -2.33. The van der Waals surface area contributed by atoms with E-state index in [1.807, 2.05) is 0 Å². The fourth-order valence-corrected chi connectivity index (χ4v) is 4.24. The molecule has 3 aromatic rings. The molecule has 2 aliphatic rings. The highest BCUT2D eigenvalue weighted by Gasteiger charge is 2.37. The maximum Gasteiger partial charge on any atom is 0.261 e. The lowest BCUT2D eigenvalue weighted by atomic mass is 9.85. The summed E-state index contributed by atoms with van der Waals surface area (Å²) in [5, 5.41) is 11.1. The standard InChI is InChI=1S/C23H18ClFN4O2/c24-14-6-10-16(11-7-14)27-23(31)17-12-26-29-21(13-4-8-15(25)9-5-13)20-18(28-22(17)29)2-1-3-19(20)30/h4-12,21,28H,1-3H2,(H,27,31). The topological polar surface area (TPSA) is 76.0 Å². The number of aromatic nitrogens is 2. The van der Waals surface area contributed by atoms with E-state index in [9.17, 15) is 14.0 Å². The molecule has 31 heavy (non-hydrogen) atoms. The van der Waals surface area contributed by atoms with Crippen LogP contribution in [0.3, 0.4) is 0 Å². The van der Waals surface area contributed by atoms with Crippen LogP contribution in [0.5, 0.6) is 0 Å². The number of hydrogen-bond donors (Lipinski definition) is 2. The van der Waals surface area contributed by atoms with E-state index in [0.717, 1.165) is 17.7 Å². The SMILES string of the molecule is O=C1CCCC2=C1C(c1ccc(F)cc1)n1ncc(C(=O)Nc3ccc(Cl)cc3)c1N2. The molecule has 2 aromatic carbocycles. The molecule has 0 radical (unpaired) electrons. The molecule has 0 saturated heterocycles. The van der Waals surface area contributed by atoms with Gasteiger partial charge in [-0.15, -0.1) is 0 Å². The smallest absolute Gasteiger partial charge is 0.261 e. The molecule has 0 fully saturated rings. The minimum absolute atomic E-state index is 0.0383. The van der Waals surface area contributed by atoms with Crippen LogP contribution >= 0.6 is 11.6 Å². The third kappa shape index (κ3) is 3.51. The summed E-state index contributed by atoms with van der Waals surface area (Å²) in [7, 11) is 0. The first-order valence-electron chi connectivity index (χ1n) is 9.94. The summed E-state index contributed by atoms with van der Waals surface area (Å²) in [6, 6.07) is 12.3. The molecule has 2 N–H and O–H groups in total. The second-order valence-electron chi connectivity index (χ2n) is 7.56. The number of carbonyl (C=O) groups excluding carboxylic acids is 2. The normalized spacial score (nSPS) is 17.6. The number of halogens is 2. The quantitative estimate of drug-likeness (QED) is 0.609. The second kappa shape index (κ2) is 7.67. The van der Waals surface area contributed by atoms with Gasteiger partial charge in [0.05, 0.1) is 6.20 Å². The fraction of sp³-hybridized carbons (Fsp3) is 0.174. The van der Waals surface area contributed by atoms with Crippen molar-refractivity contribution in [2.75, 3.05) is 10.6 Å². The molecular formula is C23H18ClFN4O2. The number of allylic oxidation sites excluding steroid dienone is 2. The van der Waals surface area contributed by atoms with Crippen LogP contribution < -0.4 is 10.6 Å². The van der Waals surface area contributed by atoms with E-state index >= 15 is 0 Å². The van der Waals surface area contributed by atoms with E-state index in [-0.39, 0.29) is 17.5 Å². The maximum absolute atomic E-state index is 13.5. The number of anilines is 2. The first-order valence-corrected chi connectivity index (χ1v) is 10.3. The van der Waals surface area contributed by atoms with Crippen molar-refractivity contribution in [2.45, 2.75) is 25.3 Å². The fourth-order valence-electron chi connectivity index (χ4n) is 4.11. The number of carbonyl (C=O) groups is 2. The third-order valence-electron chi connectivity index (χ3n) is 5.57. The van der Waals surface area contributed by atoms with Gasteiger partial charge in [0.2, 0.25) is 0 Å². The molecule has 1 aliphatic heterocycles. The first kappa shape index (κ1) is 19.5. The maximum atomic E-state index is 13.5. The molecule has 1 aromatic heterocycles. The summed E-state index contributed by atoms with van der Waals surface area (Å²) >= 11 is 5.91. The molecule has 1 amide bonds. The molecular weight excluding hydrogens is 419 g/mol. The Morgan fingerprint density at radius 2 is 1.87 bits per heavy atom. The van der Waals surface area contributed by atoms with Gasteiger partial charge in [0, 0.05) is 28.4 Å². The average molecular weight is 437 g/mol. The lowest BCUT2D eigenvalue weighted by Crippen LogP contribution is -2.32. The van der Waals surface area contributed by atoms with Crippen molar-refractivity contribution >= 4 is 34.8 Å². The number of ketones is 1. The van der Waals surface area contributed by atoms with E-state index in [4.69, 9.17) is 11.6 Å². The molecule has 6 nitrogen and oxygen atoms in total. The van der Waals surface area contributed by atoms with Gasteiger partial charge in [-0.3, -0.25) is 9.59 Å². The Labute approximate surface area is 182 Å². The van der Waals surface area contributed by atoms with Gasteiger partial charge in [0.25, 0.3) is 5.91 Å². The summed E-state index contributed by atoms with van der Waals surface area (Å²) in [4.78, 5) is 25.8. The van der Waals surface area contributed by atoms with Crippen LogP contribution in [0.1, 0.15) is 41.2 Å². The van der Waals surface area contributed by atoms with Gasteiger partial charge >= 0.3 is 0 Å². The zero-order valence-electron chi connectivity index (χ0n) is 16.4. The van der Waals surface area contributed by atoms with Crippen molar-refractivity contribution in [3.63, 3.8) is 0 Å². The molecule has 1 aliphatic carbocycles. The van der Waals surface area contributed by atoms with Crippen molar-refractivity contribution < 1.29 is 14.0 Å². The van der Waals surface area contributed by atoms with Gasteiger partial charge in [0.1, 0.15) is 23.2 Å². The highest BCUT2D eigenvalue weighted by molar-refractivity contribution is 6.30. The lowest BCUT2D eigenvalue weighted by molar-refractivity contribution is -0.116. The number of rotatable bonds is 3. The zero-order valence-corrected chi connectivity index (χ0v) is 17.1. The Morgan fingerprint density at radius 3 is 2.61 bits per heavy atom. The van der Waals surface area contributed by atoms with E-state index in [0.29, 0.717) is 40.5 Å². The highest BCUT2D eigenvalue weighted by atomic mass is 35.5. The van der Waals surface area contributed by atoms with E-state index in [1.165, 1.54) is 18.3 Å². The molecule has 0 saturated carbocycles. The molecule has 0 bridgehead atoms. The number of benzene rings is 2. The van der Waals surface area contributed by atoms with Crippen LogP contribution in [0, 0.1) is 5.82 Å². The number of nitrogens with zero attached hydrogens (tertiary/aromatic N) is 2. The van der Waals surface area contributed by atoms with Crippen LogP contribution in [0.15, 0.2) is 66.0 Å². The summed E-state index contributed by atoms with van der Waals surface area (Å²) < 4.78 is 15.2. The van der Waals surface area contributed by atoms with Crippen LogP contribution in [0.2, 0.25) is 5.02 Å². The van der Waals surface area contributed by atoms with Crippen molar-refractivity contribution in [1.82, 2.24) is 9.78 Å². The highest BCUT2D eigenvalue weighted by Crippen LogP contribution is 2.41. The number of Topliss-reactive ketones (excluding diaryl/α,β-unsaturated/α-hetero) is 1. The van der Waals surface area contributed by atoms with Crippen molar-refractivity contribution in [2.24, 2.45) is 0 Å². The minimum atomic E-state index is -0.517. The monoisotopic (exact) mass is 436 g/mol. The van der Waals surface area contributed by atoms with Gasteiger partial charge in [-0.2, -0.15) is 5.10 Å². The minimum Gasteiger partial charge on any atom is -0.343 e. The van der Waals surface area contributed by atoms with E-state index < -0.39 is 6.04 Å². The Hall–Kier alpha value is -3.45. The molecule has 8 heteroatoms. The van der Waals surface area contributed by atoms with Gasteiger partial charge < -0.3 is 10.6 Å². The van der Waals surface area contributed by atoms with Crippen molar-refractivity contribution in [1.29, 1.82) is 0 Å². The second-order valence-corrected chi connectivity index (χ2v) is 8.00. The number of fused-ring (bicyclic) bond motifs is 1.